The first-order valence-electron chi connectivity index (χ1n) is 7.77. The Kier molecular flexibility index (Phi) is 3.34. The molecule has 0 saturated heterocycles. The van der Waals surface area contributed by atoms with Gasteiger partial charge in [-0.05, 0) is 24.6 Å². The average Bonchev–Trinajstić information content (AvgIpc) is 3.18. The summed E-state index contributed by atoms with van der Waals surface area (Å²) in [4.78, 5) is 12.3. The van der Waals surface area contributed by atoms with Crippen LogP contribution in [0.1, 0.15) is 33.2 Å². The van der Waals surface area contributed by atoms with E-state index in [9.17, 15) is 4.79 Å². The number of fused-ring (bicyclic) bond motifs is 1. The molecule has 0 aliphatic carbocycles. The first-order chi connectivity index (χ1) is 11.7. The maximum atomic E-state index is 12.3. The molecule has 2 N–H and O–H groups in total. The van der Waals surface area contributed by atoms with Crippen LogP contribution < -0.4 is 10.1 Å². The van der Waals surface area contributed by atoms with Gasteiger partial charge in [-0.1, -0.05) is 42.0 Å². The van der Waals surface area contributed by atoms with Crippen LogP contribution in [0.3, 0.4) is 0 Å². The standard InChI is InChI=1S/C19H17N3O2/c1-11-3-5-13(6-4-11)17-15-16(20-19(23)18(15)22-21-17)12-7-9-14(24-2)10-8-12/h3-10,16H,1-2H3,(H,20,23)(H,21,22). The molecule has 1 atom stereocenters. The van der Waals surface area contributed by atoms with Gasteiger partial charge in [-0.3, -0.25) is 9.89 Å². The van der Waals surface area contributed by atoms with Crippen LogP contribution in [0.25, 0.3) is 11.3 Å². The number of amides is 1. The zero-order chi connectivity index (χ0) is 16.7. The molecule has 3 aromatic rings. The van der Waals surface area contributed by atoms with Crippen LogP contribution in [-0.2, 0) is 0 Å². The fourth-order valence-corrected chi connectivity index (χ4v) is 3.06. The van der Waals surface area contributed by atoms with Gasteiger partial charge in [0.05, 0.1) is 18.8 Å². The predicted molar refractivity (Wildman–Crippen MR) is 91.1 cm³/mol. The molecule has 5 nitrogen and oxygen atoms in total. The Bertz CT molecular complexity index is 895. The molecule has 0 bridgehead atoms. The second-order valence-electron chi connectivity index (χ2n) is 5.91. The molecule has 1 aliphatic rings. The number of methoxy groups -OCH3 is 1. The van der Waals surface area contributed by atoms with E-state index in [-0.39, 0.29) is 11.9 Å². The molecule has 120 valence electrons. The number of benzene rings is 2. The number of aryl methyl sites for hydroxylation is 1. The van der Waals surface area contributed by atoms with Gasteiger partial charge in [-0.15, -0.1) is 0 Å². The van der Waals surface area contributed by atoms with Gasteiger partial charge in [0.25, 0.3) is 5.91 Å². The molecule has 1 unspecified atom stereocenters. The highest BCUT2D eigenvalue weighted by atomic mass is 16.5. The number of carbonyl (C=O) groups excluding carboxylic acids is 1. The van der Waals surface area contributed by atoms with Crippen molar-refractivity contribution in [3.8, 4) is 17.0 Å². The van der Waals surface area contributed by atoms with E-state index in [4.69, 9.17) is 4.74 Å². The molecular formula is C19H17N3O2. The Morgan fingerprint density at radius 1 is 1.04 bits per heavy atom. The number of ether oxygens (including phenoxy) is 1. The lowest BCUT2D eigenvalue weighted by Crippen LogP contribution is -2.21. The fraction of sp³-hybridized carbons (Fsp3) is 0.158. The van der Waals surface area contributed by atoms with E-state index in [1.54, 1.807) is 7.11 Å². The predicted octanol–water partition coefficient (Wildman–Crippen LogP) is 3.23. The number of aromatic nitrogens is 2. The third-order valence-corrected chi connectivity index (χ3v) is 4.37. The van der Waals surface area contributed by atoms with E-state index in [2.05, 4.69) is 15.5 Å². The van der Waals surface area contributed by atoms with E-state index in [0.717, 1.165) is 28.1 Å². The van der Waals surface area contributed by atoms with Crippen LogP contribution in [0.2, 0.25) is 0 Å². The normalized spacial score (nSPS) is 15.9. The van der Waals surface area contributed by atoms with Gasteiger partial charge in [0.1, 0.15) is 11.4 Å². The molecule has 0 spiro atoms. The largest absolute Gasteiger partial charge is 0.497 e. The highest BCUT2D eigenvalue weighted by molar-refractivity contribution is 6.00. The Balaban J connectivity index is 1.80. The van der Waals surface area contributed by atoms with Gasteiger partial charge in [-0.25, -0.2) is 0 Å². The topological polar surface area (TPSA) is 67.0 Å². The summed E-state index contributed by atoms with van der Waals surface area (Å²) >= 11 is 0. The molecule has 1 amide bonds. The summed E-state index contributed by atoms with van der Waals surface area (Å²) < 4.78 is 5.21. The van der Waals surface area contributed by atoms with Crippen molar-refractivity contribution in [2.45, 2.75) is 13.0 Å². The third kappa shape index (κ3) is 2.25. The maximum Gasteiger partial charge on any atom is 0.270 e. The Hall–Kier alpha value is -3.08. The van der Waals surface area contributed by atoms with E-state index in [1.807, 2.05) is 55.5 Å². The van der Waals surface area contributed by atoms with E-state index < -0.39 is 0 Å². The maximum absolute atomic E-state index is 12.3. The summed E-state index contributed by atoms with van der Waals surface area (Å²) in [6.07, 6.45) is 0. The van der Waals surface area contributed by atoms with Gasteiger partial charge in [0.2, 0.25) is 0 Å². The van der Waals surface area contributed by atoms with Crippen LogP contribution in [0.5, 0.6) is 5.75 Å². The van der Waals surface area contributed by atoms with Crippen molar-refractivity contribution in [3.05, 3.63) is 70.9 Å². The summed E-state index contributed by atoms with van der Waals surface area (Å²) in [5.41, 5.74) is 5.42. The highest BCUT2D eigenvalue weighted by Gasteiger charge is 2.35. The van der Waals surface area contributed by atoms with Crippen molar-refractivity contribution in [2.24, 2.45) is 0 Å². The van der Waals surface area contributed by atoms with Crippen molar-refractivity contribution in [2.75, 3.05) is 7.11 Å². The number of rotatable bonds is 3. The minimum atomic E-state index is -0.214. The summed E-state index contributed by atoms with van der Waals surface area (Å²) in [5.74, 6) is 0.658. The lowest BCUT2D eigenvalue weighted by molar-refractivity contribution is 0.0955. The van der Waals surface area contributed by atoms with Crippen LogP contribution >= 0.6 is 0 Å². The van der Waals surface area contributed by atoms with Crippen molar-refractivity contribution in [3.63, 3.8) is 0 Å². The number of nitrogens with one attached hydrogen (secondary N) is 2. The van der Waals surface area contributed by atoms with Crippen LogP contribution in [-0.4, -0.2) is 23.2 Å². The molecule has 0 fully saturated rings. The molecule has 0 radical (unpaired) electrons. The second kappa shape index (κ2) is 5.53. The van der Waals surface area contributed by atoms with Crippen LogP contribution in [0.4, 0.5) is 0 Å². The third-order valence-electron chi connectivity index (χ3n) is 4.37. The molecule has 2 aromatic carbocycles. The number of hydrogen-bond donors (Lipinski definition) is 2. The summed E-state index contributed by atoms with van der Waals surface area (Å²) in [6.45, 7) is 2.05. The fourth-order valence-electron chi connectivity index (χ4n) is 3.06. The van der Waals surface area contributed by atoms with E-state index in [0.29, 0.717) is 5.69 Å². The molecular weight excluding hydrogens is 302 g/mol. The molecule has 0 saturated carbocycles. The Morgan fingerprint density at radius 2 is 1.75 bits per heavy atom. The average molecular weight is 319 g/mol. The van der Waals surface area contributed by atoms with Gasteiger partial charge >= 0.3 is 0 Å². The quantitative estimate of drug-likeness (QED) is 0.779. The number of aromatic amines is 1. The summed E-state index contributed by atoms with van der Waals surface area (Å²) in [7, 11) is 1.63. The van der Waals surface area contributed by atoms with Gasteiger partial charge in [0, 0.05) is 11.1 Å². The zero-order valence-electron chi connectivity index (χ0n) is 13.5. The van der Waals surface area contributed by atoms with Gasteiger partial charge in [-0.2, -0.15) is 5.10 Å². The molecule has 4 rings (SSSR count). The minimum Gasteiger partial charge on any atom is -0.497 e. The SMILES string of the molecule is COc1ccc(C2NC(=O)c3[nH]nc(-c4ccc(C)cc4)c32)cc1. The first-order valence-corrected chi connectivity index (χ1v) is 7.77. The van der Waals surface area contributed by atoms with Crippen LogP contribution in [0.15, 0.2) is 48.5 Å². The first kappa shape index (κ1) is 14.5. The number of H-pyrrole nitrogens is 1. The highest BCUT2D eigenvalue weighted by Crippen LogP contribution is 2.37. The lowest BCUT2D eigenvalue weighted by atomic mass is 9.96. The molecule has 1 aliphatic heterocycles. The van der Waals surface area contributed by atoms with Crippen molar-refractivity contribution < 1.29 is 9.53 Å². The second-order valence-corrected chi connectivity index (χ2v) is 5.91. The number of carbonyl (C=O) groups is 1. The van der Waals surface area contributed by atoms with Crippen molar-refractivity contribution in [1.29, 1.82) is 0 Å². The van der Waals surface area contributed by atoms with Gasteiger partial charge < -0.3 is 10.1 Å². The molecule has 2 heterocycles. The molecule has 5 heteroatoms. The molecule has 1 aromatic heterocycles. The Morgan fingerprint density at radius 3 is 2.42 bits per heavy atom. The van der Waals surface area contributed by atoms with Gasteiger partial charge in [0.15, 0.2) is 0 Å². The van der Waals surface area contributed by atoms with E-state index >= 15 is 0 Å². The molecule has 24 heavy (non-hydrogen) atoms. The lowest BCUT2D eigenvalue weighted by Gasteiger charge is -2.14. The monoisotopic (exact) mass is 319 g/mol. The Labute approximate surface area is 139 Å². The summed E-state index contributed by atoms with van der Waals surface area (Å²) in [6, 6.07) is 15.6. The van der Waals surface area contributed by atoms with E-state index in [1.165, 1.54) is 5.56 Å². The van der Waals surface area contributed by atoms with Crippen molar-refractivity contribution in [1.82, 2.24) is 15.5 Å². The summed E-state index contributed by atoms with van der Waals surface area (Å²) in [5, 5.41) is 10.3. The van der Waals surface area contributed by atoms with Crippen molar-refractivity contribution >= 4 is 5.91 Å². The number of nitrogens with zero attached hydrogens (tertiary/aromatic N) is 1. The zero-order valence-corrected chi connectivity index (χ0v) is 13.5. The smallest absolute Gasteiger partial charge is 0.270 e. The van der Waals surface area contributed by atoms with Crippen LogP contribution in [0, 0.1) is 6.92 Å². The number of hydrogen-bond acceptors (Lipinski definition) is 3. The minimum absolute atomic E-state index is 0.128.